The second-order valence-corrected chi connectivity index (χ2v) is 3.96. The highest BCUT2D eigenvalue weighted by molar-refractivity contribution is 7.02. The van der Waals surface area contributed by atoms with Crippen LogP contribution in [-0.2, 0) is 6.54 Å². The second-order valence-electron chi connectivity index (χ2n) is 3.23. The average molecular weight is 196 g/mol. The summed E-state index contributed by atoms with van der Waals surface area (Å²) in [6.45, 7) is 7.04. The Balaban J connectivity index is 3.11. The number of hydrogen-bond donors (Lipinski definition) is 0. The third-order valence-corrected chi connectivity index (χ3v) is 2.40. The van der Waals surface area contributed by atoms with E-state index < -0.39 is 0 Å². The number of nitriles is 1. The lowest BCUT2D eigenvalue weighted by atomic mass is 10.2. The van der Waals surface area contributed by atoms with E-state index in [2.05, 4.69) is 23.2 Å². The summed E-state index contributed by atoms with van der Waals surface area (Å²) in [6.07, 6.45) is 1.79. The van der Waals surface area contributed by atoms with E-state index in [0.717, 1.165) is 12.4 Å². The van der Waals surface area contributed by atoms with Crippen LogP contribution in [0.1, 0.15) is 19.7 Å². The molecule has 0 aliphatic heterocycles. The van der Waals surface area contributed by atoms with Crippen LogP contribution in [0.15, 0.2) is 4.99 Å². The summed E-state index contributed by atoms with van der Waals surface area (Å²) in [5.74, 6) is 1.46. The lowest BCUT2D eigenvalue weighted by Crippen LogP contribution is -2.19. The van der Waals surface area contributed by atoms with Crippen molar-refractivity contribution >= 4 is 11.5 Å². The van der Waals surface area contributed by atoms with Gasteiger partial charge in [-0.3, -0.25) is 0 Å². The van der Waals surface area contributed by atoms with E-state index in [1.54, 1.807) is 6.19 Å². The molecule has 1 rings (SSSR count). The van der Waals surface area contributed by atoms with Crippen molar-refractivity contribution in [1.82, 2.24) is 8.94 Å². The molecule has 0 saturated carbocycles. The summed E-state index contributed by atoms with van der Waals surface area (Å²) in [4.78, 5) is 4.39. The molecule has 1 heterocycles. The molecule has 5 heteroatoms. The van der Waals surface area contributed by atoms with Crippen molar-refractivity contribution < 1.29 is 0 Å². The first kappa shape index (κ1) is 9.93. The van der Waals surface area contributed by atoms with Crippen LogP contribution in [0.25, 0.3) is 0 Å². The highest BCUT2D eigenvalue weighted by atomic mass is 32.1. The summed E-state index contributed by atoms with van der Waals surface area (Å²) >= 11 is 1.27. The van der Waals surface area contributed by atoms with E-state index in [1.165, 1.54) is 11.5 Å². The molecule has 0 saturated heterocycles. The minimum absolute atomic E-state index is 0.535. The van der Waals surface area contributed by atoms with Gasteiger partial charge in [0.1, 0.15) is 5.82 Å². The van der Waals surface area contributed by atoms with Crippen molar-refractivity contribution in [2.75, 3.05) is 0 Å². The Hall–Kier alpha value is -1.15. The van der Waals surface area contributed by atoms with Gasteiger partial charge in [0.25, 0.3) is 0 Å². The molecule has 1 aromatic rings. The molecule has 0 atom stereocenters. The van der Waals surface area contributed by atoms with Gasteiger partial charge < -0.3 is 4.57 Å². The SMILES string of the molecule is Cc1nsc(=NC#N)n1CC(C)C. The maximum Gasteiger partial charge on any atom is 0.220 e. The van der Waals surface area contributed by atoms with Gasteiger partial charge in [0.05, 0.1) is 0 Å². The van der Waals surface area contributed by atoms with Gasteiger partial charge in [-0.05, 0) is 12.8 Å². The zero-order valence-electron chi connectivity index (χ0n) is 7.98. The van der Waals surface area contributed by atoms with Gasteiger partial charge in [-0.15, -0.1) is 4.99 Å². The van der Waals surface area contributed by atoms with Crippen LogP contribution in [0.5, 0.6) is 0 Å². The highest BCUT2D eigenvalue weighted by Gasteiger charge is 2.04. The fraction of sp³-hybridized carbons (Fsp3) is 0.625. The summed E-state index contributed by atoms with van der Waals surface area (Å²) in [7, 11) is 0. The van der Waals surface area contributed by atoms with Crippen LogP contribution in [0.2, 0.25) is 0 Å². The van der Waals surface area contributed by atoms with Crippen molar-refractivity contribution in [3.8, 4) is 6.19 Å². The Morgan fingerprint density at radius 3 is 2.92 bits per heavy atom. The molecule has 13 heavy (non-hydrogen) atoms. The largest absolute Gasteiger partial charge is 0.303 e. The fourth-order valence-electron chi connectivity index (χ4n) is 1.04. The summed E-state index contributed by atoms with van der Waals surface area (Å²) in [5.41, 5.74) is 0. The van der Waals surface area contributed by atoms with Crippen molar-refractivity contribution in [2.45, 2.75) is 27.3 Å². The first-order valence-electron chi connectivity index (χ1n) is 4.11. The molecule has 0 aliphatic carbocycles. The Morgan fingerprint density at radius 2 is 2.38 bits per heavy atom. The van der Waals surface area contributed by atoms with E-state index in [0.29, 0.717) is 10.7 Å². The van der Waals surface area contributed by atoms with Crippen LogP contribution in [0.4, 0.5) is 0 Å². The van der Waals surface area contributed by atoms with E-state index in [9.17, 15) is 0 Å². The zero-order valence-corrected chi connectivity index (χ0v) is 8.80. The molecule has 70 valence electrons. The minimum Gasteiger partial charge on any atom is -0.303 e. The van der Waals surface area contributed by atoms with Crippen molar-refractivity contribution in [1.29, 1.82) is 5.26 Å². The molecule has 0 unspecified atom stereocenters. The van der Waals surface area contributed by atoms with Crippen LogP contribution in [0, 0.1) is 24.3 Å². The van der Waals surface area contributed by atoms with E-state index in [1.807, 2.05) is 11.5 Å². The minimum atomic E-state index is 0.535. The summed E-state index contributed by atoms with van der Waals surface area (Å²) in [5, 5.41) is 8.44. The first-order chi connectivity index (χ1) is 6.15. The highest BCUT2D eigenvalue weighted by Crippen LogP contribution is 2.00. The first-order valence-corrected chi connectivity index (χ1v) is 4.88. The molecule has 1 aromatic heterocycles. The molecule has 0 fully saturated rings. The van der Waals surface area contributed by atoms with Gasteiger partial charge in [0.2, 0.25) is 11.0 Å². The molecule has 0 aliphatic rings. The maximum absolute atomic E-state index is 8.44. The molecule has 4 nitrogen and oxygen atoms in total. The summed E-state index contributed by atoms with van der Waals surface area (Å²) < 4.78 is 6.12. The molecule has 0 amide bonds. The number of hydrogen-bond acceptors (Lipinski definition) is 4. The Morgan fingerprint density at radius 1 is 1.69 bits per heavy atom. The second kappa shape index (κ2) is 4.19. The van der Waals surface area contributed by atoms with Gasteiger partial charge in [-0.1, -0.05) is 13.8 Å². The predicted octanol–water partition coefficient (Wildman–Crippen LogP) is 1.29. The lowest BCUT2D eigenvalue weighted by Gasteiger charge is -2.06. The van der Waals surface area contributed by atoms with Gasteiger partial charge in [0, 0.05) is 18.1 Å². The Bertz CT molecular complexity index is 380. The number of rotatable bonds is 2. The quantitative estimate of drug-likeness (QED) is 0.669. The van der Waals surface area contributed by atoms with Crippen molar-refractivity contribution in [3.63, 3.8) is 0 Å². The predicted molar refractivity (Wildman–Crippen MR) is 50.9 cm³/mol. The third kappa shape index (κ3) is 2.39. The van der Waals surface area contributed by atoms with E-state index in [-0.39, 0.29) is 0 Å². The average Bonchev–Trinajstić information content (AvgIpc) is 2.36. The molecule has 0 radical (unpaired) electrons. The molecule has 0 aromatic carbocycles. The standard InChI is InChI=1S/C8H12N4S/c1-6(2)4-12-7(3)11-13-8(12)10-5-9/h6H,4H2,1-3H3. The molecular weight excluding hydrogens is 184 g/mol. The van der Waals surface area contributed by atoms with E-state index >= 15 is 0 Å². The third-order valence-electron chi connectivity index (χ3n) is 1.57. The van der Waals surface area contributed by atoms with Gasteiger partial charge in [0.15, 0.2) is 0 Å². The van der Waals surface area contributed by atoms with Gasteiger partial charge >= 0.3 is 0 Å². The van der Waals surface area contributed by atoms with E-state index in [4.69, 9.17) is 5.26 Å². The van der Waals surface area contributed by atoms with Crippen molar-refractivity contribution in [3.05, 3.63) is 10.6 Å². The normalized spacial score (nSPS) is 12.1. The van der Waals surface area contributed by atoms with Crippen LogP contribution < -0.4 is 4.80 Å². The molecule has 0 N–H and O–H groups in total. The Labute approximate surface area is 81.3 Å². The fourth-order valence-corrected chi connectivity index (χ4v) is 1.74. The van der Waals surface area contributed by atoms with Gasteiger partial charge in [-0.25, -0.2) is 0 Å². The number of aryl methyl sites for hydroxylation is 1. The number of nitrogens with zero attached hydrogens (tertiary/aromatic N) is 4. The lowest BCUT2D eigenvalue weighted by molar-refractivity contribution is 0.502. The Kier molecular flexibility index (Phi) is 3.20. The molecule has 0 bridgehead atoms. The maximum atomic E-state index is 8.44. The van der Waals surface area contributed by atoms with Gasteiger partial charge in [-0.2, -0.15) is 9.64 Å². The number of aromatic nitrogens is 2. The van der Waals surface area contributed by atoms with Crippen LogP contribution >= 0.6 is 11.5 Å². The smallest absolute Gasteiger partial charge is 0.220 e. The molecule has 0 spiro atoms. The van der Waals surface area contributed by atoms with Crippen LogP contribution in [0.3, 0.4) is 0 Å². The van der Waals surface area contributed by atoms with Crippen LogP contribution in [-0.4, -0.2) is 8.94 Å². The summed E-state index contributed by atoms with van der Waals surface area (Å²) in [6, 6.07) is 0. The topological polar surface area (TPSA) is 54.0 Å². The van der Waals surface area contributed by atoms with Crippen molar-refractivity contribution in [2.24, 2.45) is 10.9 Å². The zero-order chi connectivity index (χ0) is 9.84. The monoisotopic (exact) mass is 196 g/mol. The molecular formula is C8H12N4S.